The van der Waals surface area contributed by atoms with Gasteiger partial charge >= 0.3 is 0 Å². The standard InChI is InChI=1S/C18H22O3/c1-11-6-7-14(12(2)8-11)18(19)15-10-17(21-5)16(20-4)9-13(15)3/h6-10,18-19H,1-5H3. The van der Waals surface area contributed by atoms with Gasteiger partial charge < -0.3 is 14.6 Å². The van der Waals surface area contributed by atoms with Crippen LogP contribution in [0, 0.1) is 20.8 Å². The molecule has 0 saturated heterocycles. The fraction of sp³-hybridized carbons (Fsp3) is 0.333. The minimum atomic E-state index is -0.676. The highest BCUT2D eigenvalue weighted by atomic mass is 16.5. The molecule has 0 amide bonds. The number of methoxy groups -OCH3 is 2. The summed E-state index contributed by atoms with van der Waals surface area (Å²) in [6.45, 7) is 6.02. The summed E-state index contributed by atoms with van der Waals surface area (Å²) in [5, 5.41) is 10.7. The van der Waals surface area contributed by atoms with E-state index >= 15 is 0 Å². The number of aliphatic hydroxyl groups is 1. The highest BCUT2D eigenvalue weighted by molar-refractivity contribution is 5.50. The second-order valence-electron chi connectivity index (χ2n) is 5.33. The van der Waals surface area contributed by atoms with Crippen molar-refractivity contribution in [1.82, 2.24) is 0 Å². The Labute approximate surface area is 126 Å². The number of rotatable bonds is 4. The predicted octanol–water partition coefficient (Wildman–Crippen LogP) is 3.71. The van der Waals surface area contributed by atoms with E-state index in [1.165, 1.54) is 5.56 Å². The molecule has 112 valence electrons. The summed E-state index contributed by atoms with van der Waals surface area (Å²) in [5.74, 6) is 1.30. The molecule has 3 nitrogen and oxygen atoms in total. The Hall–Kier alpha value is -2.00. The SMILES string of the molecule is COc1cc(C)c(C(O)c2ccc(C)cc2C)cc1OC. The summed E-state index contributed by atoms with van der Waals surface area (Å²) in [4.78, 5) is 0. The number of ether oxygens (including phenoxy) is 2. The maximum atomic E-state index is 10.7. The number of aryl methyl sites for hydroxylation is 3. The molecule has 1 atom stereocenters. The third-order valence-electron chi connectivity index (χ3n) is 3.79. The summed E-state index contributed by atoms with van der Waals surface area (Å²) in [6, 6.07) is 9.81. The van der Waals surface area contributed by atoms with E-state index in [9.17, 15) is 5.11 Å². The molecule has 2 rings (SSSR count). The van der Waals surface area contributed by atoms with Crippen molar-refractivity contribution in [3.05, 3.63) is 58.1 Å². The molecule has 2 aromatic carbocycles. The Balaban J connectivity index is 2.50. The second kappa shape index (κ2) is 6.19. The molecular weight excluding hydrogens is 264 g/mol. The van der Waals surface area contributed by atoms with Crippen molar-refractivity contribution in [3.63, 3.8) is 0 Å². The lowest BCUT2D eigenvalue weighted by atomic mass is 9.93. The summed E-state index contributed by atoms with van der Waals surface area (Å²) in [6.07, 6.45) is -0.676. The molecule has 3 heteroatoms. The lowest BCUT2D eigenvalue weighted by Crippen LogP contribution is -2.05. The Bertz CT molecular complexity index is 647. The van der Waals surface area contributed by atoms with E-state index in [1.807, 2.05) is 45.0 Å². The number of aliphatic hydroxyl groups excluding tert-OH is 1. The maximum Gasteiger partial charge on any atom is 0.161 e. The van der Waals surface area contributed by atoms with E-state index in [2.05, 4.69) is 6.07 Å². The van der Waals surface area contributed by atoms with Gasteiger partial charge in [-0.1, -0.05) is 23.8 Å². The molecule has 0 aliphatic carbocycles. The van der Waals surface area contributed by atoms with Crippen LogP contribution in [0.2, 0.25) is 0 Å². The Kier molecular flexibility index (Phi) is 4.53. The first kappa shape index (κ1) is 15.4. The summed E-state index contributed by atoms with van der Waals surface area (Å²) in [5.41, 5.74) is 4.99. The van der Waals surface area contributed by atoms with Crippen molar-refractivity contribution in [3.8, 4) is 11.5 Å². The molecule has 21 heavy (non-hydrogen) atoms. The van der Waals surface area contributed by atoms with Gasteiger partial charge in [-0.25, -0.2) is 0 Å². The number of hydrogen-bond acceptors (Lipinski definition) is 3. The van der Waals surface area contributed by atoms with Crippen LogP contribution in [0.1, 0.15) is 33.9 Å². The topological polar surface area (TPSA) is 38.7 Å². The van der Waals surface area contributed by atoms with Gasteiger partial charge in [0.05, 0.1) is 14.2 Å². The lowest BCUT2D eigenvalue weighted by Gasteiger charge is -2.19. The fourth-order valence-electron chi connectivity index (χ4n) is 2.59. The molecule has 1 unspecified atom stereocenters. The number of hydrogen-bond donors (Lipinski definition) is 1. The molecule has 0 radical (unpaired) electrons. The van der Waals surface area contributed by atoms with Gasteiger partial charge in [0.1, 0.15) is 6.10 Å². The van der Waals surface area contributed by atoms with E-state index in [4.69, 9.17) is 9.47 Å². The van der Waals surface area contributed by atoms with Crippen LogP contribution in [0.3, 0.4) is 0 Å². The van der Waals surface area contributed by atoms with Gasteiger partial charge in [0.25, 0.3) is 0 Å². The van der Waals surface area contributed by atoms with Crippen LogP contribution in [-0.2, 0) is 0 Å². The molecule has 0 aromatic heterocycles. The van der Waals surface area contributed by atoms with Crippen LogP contribution in [0.4, 0.5) is 0 Å². The first-order valence-electron chi connectivity index (χ1n) is 6.95. The average Bonchev–Trinajstić information content (AvgIpc) is 2.46. The van der Waals surface area contributed by atoms with E-state index in [-0.39, 0.29) is 0 Å². The van der Waals surface area contributed by atoms with Crippen LogP contribution >= 0.6 is 0 Å². The van der Waals surface area contributed by atoms with Crippen molar-refractivity contribution in [2.75, 3.05) is 14.2 Å². The highest BCUT2D eigenvalue weighted by Crippen LogP contribution is 2.35. The molecular formula is C18H22O3. The molecule has 0 aliphatic heterocycles. The summed E-state index contributed by atoms with van der Waals surface area (Å²) in [7, 11) is 3.21. The summed E-state index contributed by atoms with van der Waals surface area (Å²) >= 11 is 0. The van der Waals surface area contributed by atoms with E-state index in [0.29, 0.717) is 11.5 Å². The fourth-order valence-corrected chi connectivity index (χ4v) is 2.59. The van der Waals surface area contributed by atoms with Crippen molar-refractivity contribution in [2.24, 2.45) is 0 Å². The molecule has 0 saturated carbocycles. The molecule has 0 spiro atoms. The maximum absolute atomic E-state index is 10.7. The average molecular weight is 286 g/mol. The van der Waals surface area contributed by atoms with Gasteiger partial charge in [-0.15, -0.1) is 0 Å². The summed E-state index contributed by atoms with van der Waals surface area (Å²) < 4.78 is 10.6. The predicted molar refractivity (Wildman–Crippen MR) is 84.3 cm³/mol. The lowest BCUT2D eigenvalue weighted by molar-refractivity contribution is 0.218. The van der Waals surface area contributed by atoms with Crippen molar-refractivity contribution in [1.29, 1.82) is 0 Å². The third kappa shape index (κ3) is 3.03. The zero-order chi connectivity index (χ0) is 15.6. The van der Waals surface area contributed by atoms with Gasteiger partial charge in [0.2, 0.25) is 0 Å². The Morgan fingerprint density at radius 3 is 1.95 bits per heavy atom. The van der Waals surface area contributed by atoms with Gasteiger partial charge in [0, 0.05) is 0 Å². The molecule has 0 aliphatic rings. The minimum Gasteiger partial charge on any atom is -0.493 e. The smallest absolute Gasteiger partial charge is 0.161 e. The van der Waals surface area contributed by atoms with Crippen molar-refractivity contribution < 1.29 is 14.6 Å². The van der Waals surface area contributed by atoms with E-state index < -0.39 is 6.10 Å². The van der Waals surface area contributed by atoms with Gasteiger partial charge in [-0.05, 0) is 55.2 Å². The van der Waals surface area contributed by atoms with Gasteiger partial charge in [-0.2, -0.15) is 0 Å². The van der Waals surface area contributed by atoms with Crippen LogP contribution in [0.25, 0.3) is 0 Å². The monoisotopic (exact) mass is 286 g/mol. The molecule has 0 fully saturated rings. The van der Waals surface area contributed by atoms with Gasteiger partial charge in [-0.3, -0.25) is 0 Å². The zero-order valence-electron chi connectivity index (χ0n) is 13.2. The minimum absolute atomic E-state index is 0.627. The Morgan fingerprint density at radius 1 is 0.810 bits per heavy atom. The molecule has 2 aromatic rings. The first-order chi connectivity index (χ1) is 9.97. The quantitative estimate of drug-likeness (QED) is 0.931. The van der Waals surface area contributed by atoms with Gasteiger partial charge in [0.15, 0.2) is 11.5 Å². The second-order valence-corrected chi connectivity index (χ2v) is 5.33. The normalized spacial score (nSPS) is 12.1. The van der Waals surface area contributed by atoms with Crippen molar-refractivity contribution >= 4 is 0 Å². The van der Waals surface area contributed by atoms with Crippen LogP contribution in [0.5, 0.6) is 11.5 Å². The molecule has 0 bridgehead atoms. The number of benzene rings is 2. The van der Waals surface area contributed by atoms with Crippen LogP contribution in [-0.4, -0.2) is 19.3 Å². The van der Waals surface area contributed by atoms with E-state index in [1.54, 1.807) is 14.2 Å². The Morgan fingerprint density at radius 2 is 1.38 bits per heavy atom. The molecule has 1 N–H and O–H groups in total. The third-order valence-corrected chi connectivity index (χ3v) is 3.79. The molecule has 0 heterocycles. The first-order valence-corrected chi connectivity index (χ1v) is 6.95. The highest BCUT2D eigenvalue weighted by Gasteiger charge is 2.18. The zero-order valence-corrected chi connectivity index (χ0v) is 13.2. The van der Waals surface area contributed by atoms with E-state index in [0.717, 1.165) is 22.3 Å². The van der Waals surface area contributed by atoms with Crippen molar-refractivity contribution in [2.45, 2.75) is 26.9 Å². The largest absolute Gasteiger partial charge is 0.493 e. The van der Waals surface area contributed by atoms with Crippen LogP contribution < -0.4 is 9.47 Å². The van der Waals surface area contributed by atoms with Crippen LogP contribution in [0.15, 0.2) is 30.3 Å².